The van der Waals surface area contributed by atoms with Crippen LogP contribution in [-0.2, 0) is 9.53 Å². The van der Waals surface area contributed by atoms with Crippen molar-refractivity contribution in [1.82, 2.24) is 15.5 Å². The standard InChI is InChI=1S/C14H28N4O2/c1-3-15-14(16-8-7-13(19)20-2)17-9-12-18-10-5-4-6-11-18/h3-12H2,1-2H3,(H2,15,16,17). The van der Waals surface area contributed by atoms with Crippen molar-refractivity contribution >= 4 is 11.9 Å². The topological polar surface area (TPSA) is 66.0 Å². The van der Waals surface area contributed by atoms with Gasteiger partial charge >= 0.3 is 5.97 Å². The highest BCUT2D eigenvalue weighted by Crippen LogP contribution is 2.07. The van der Waals surface area contributed by atoms with E-state index in [9.17, 15) is 4.79 Å². The molecule has 0 amide bonds. The number of rotatable bonds is 7. The fraction of sp³-hybridized carbons (Fsp3) is 0.857. The zero-order valence-corrected chi connectivity index (χ0v) is 12.8. The lowest BCUT2D eigenvalue weighted by Crippen LogP contribution is -2.39. The van der Waals surface area contributed by atoms with E-state index in [0.717, 1.165) is 25.6 Å². The van der Waals surface area contributed by atoms with E-state index in [1.165, 1.54) is 39.5 Å². The Kier molecular flexibility index (Phi) is 8.78. The third-order valence-corrected chi connectivity index (χ3v) is 3.33. The molecule has 0 aliphatic carbocycles. The number of hydrogen-bond acceptors (Lipinski definition) is 4. The van der Waals surface area contributed by atoms with Crippen molar-refractivity contribution in [1.29, 1.82) is 0 Å². The Morgan fingerprint density at radius 2 is 2.00 bits per heavy atom. The van der Waals surface area contributed by atoms with Crippen LogP contribution < -0.4 is 10.6 Å². The number of nitrogens with zero attached hydrogens (tertiary/aromatic N) is 2. The van der Waals surface area contributed by atoms with Gasteiger partial charge in [0.2, 0.25) is 0 Å². The second kappa shape index (κ2) is 10.5. The molecule has 1 saturated heterocycles. The van der Waals surface area contributed by atoms with Crippen LogP contribution >= 0.6 is 0 Å². The summed E-state index contributed by atoms with van der Waals surface area (Å²) in [6.07, 6.45) is 4.33. The quantitative estimate of drug-likeness (QED) is 0.407. The molecule has 0 aromatic heterocycles. The molecule has 1 aliphatic rings. The molecule has 0 unspecified atom stereocenters. The van der Waals surface area contributed by atoms with Crippen LogP contribution in [0.15, 0.2) is 4.99 Å². The Hall–Kier alpha value is -1.30. The number of nitrogens with one attached hydrogen (secondary N) is 2. The summed E-state index contributed by atoms with van der Waals surface area (Å²) in [6, 6.07) is 0. The van der Waals surface area contributed by atoms with Crippen LogP contribution in [0.2, 0.25) is 0 Å². The summed E-state index contributed by atoms with van der Waals surface area (Å²) in [7, 11) is 1.40. The number of carbonyl (C=O) groups is 1. The van der Waals surface area contributed by atoms with Crippen LogP contribution in [-0.4, -0.2) is 63.2 Å². The summed E-state index contributed by atoms with van der Waals surface area (Å²) in [6.45, 7) is 7.57. The SMILES string of the molecule is CCNC(=NCCN1CCCCC1)NCCC(=O)OC. The molecule has 2 N–H and O–H groups in total. The van der Waals surface area contributed by atoms with E-state index in [2.05, 4.69) is 25.3 Å². The lowest BCUT2D eigenvalue weighted by atomic mass is 10.1. The smallest absolute Gasteiger partial charge is 0.307 e. The van der Waals surface area contributed by atoms with Gasteiger partial charge in [0.05, 0.1) is 20.1 Å². The first-order valence-corrected chi connectivity index (χ1v) is 7.57. The minimum atomic E-state index is -0.207. The van der Waals surface area contributed by atoms with Crippen molar-refractivity contribution in [3.05, 3.63) is 0 Å². The third kappa shape index (κ3) is 7.33. The van der Waals surface area contributed by atoms with E-state index in [-0.39, 0.29) is 5.97 Å². The van der Waals surface area contributed by atoms with Crippen LogP contribution in [0.4, 0.5) is 0 Å². The number of ether oxygens (including phenoxy) is 1. The van der Waals surface area contributed by atoms with E-state index >= 15 is 0 Å². The van der Waals surface area contributed by atoms with Gasteiger partial charge in [-0.3, -0.25) is 9.79 Å². The monoisotopic (exact) mass is 284 g/mol. The number of aliphatic imine (C=N–C) groups is 1. The average Bonchev–Trinajstić information content (AvgIpc) is 2.48. The Labute approximate surface area is 122 Å². The van der Waals surface area contributed by atoms with Gasteiger partial charge in [-0.1, -0.05) is 6.42 Å². The van der Waals surface area contributed by atoms with Gasteiger partial charge < -0.3 is 20.3 Å². The first kappa shape index (κ1) is 16.8. The van der Waals surface area contributed by atoms with Crippen LogP contribution in [0.5, 0.6) is 0 Å². The lowest BCUT2D eigenvalue weighted by molar-refractivity contribution is -0.140. The molecule has 6 nitrogen and oxygen atoms in total. The van der Waals surface area contributed by atoms with Gasteiger partial charge in [0, 0.05) is 19.6 Å². The summed E-state index contributed by atoms with van der Waals surface area (Å²) in [4.78, 5) is 18.0. The molecule has 1 rings (SSSR count). The normalized spacial score (nSPS) is 16.8. The summed E-state index contributed by atoms with van der Waals surface area (Å²) in [5.41, 5.74) is 0. The molecule has 20 heavy (non-hydrogen) atoms. The molecule has 0 bridgehead atoms. The summed E-state index contributed by atoms with van der Waals surface area (Å²) < 4.78 is 4.61. The number of piperidine rings is 1. The van der Waals surface area contributed by atoms with E-state index < -0.39 is 0 Å². The van der Waals surface area contributed by atoms with Gasteiger partial charge in [0.25, 0.3) is 0 Å². The Morgan fingerprint density at radius 1 is 1.25 bits per heavy atom. The molecule has 1 heterocycles. The van der Waals surface area contributed by atoms with E-state index in [1.807, 2.05) is 6.92 Å². The molecule has 1 aliphatic heterocycles. The van der Waals surface area contributed by atoms with Gasteiger partial charge in [-0.25, -0.2) is 0 Å². The maximum Gasteiger partial charge on any atom is 0.307 e. The van der Waals surface area contributed by atoms with Gasteiger partial charge in [0.1, 0.15) is 0 Å². The zero-order chi connectivity index (χ0) is 14.6. The maximum atomic E-state index is 11.0. The molecule has 0 spiro atoms. The Morgan fingerprint density at radius 3 is 2.65 bits per heavy atom. The van der Waals surface area contributed by atoms with Gasteiger partial charge in [-0.05, 0) is 32.9 Å². The number of likely N-dealkylation sites (tertiary alicyclic amines) is 1. The van der Waals surface area contributed by atoms with Crippen molar-refractivity contribution in [2.45, 2.75) is 32.6 Å². The van der Waals surface area contributed by atoms with Crippen molar-refractivity contribution < 1.29 is 9.53 Å². The van der Waals surface area contributed by atoms with Crippen molar-refractivity contribution in [2.24, 2.45) is 4.99 Å². The minimum Gasteiger partial charge on any atom is -0.469 e. The average molecular weight is 284 g/mol. The molecule has 0 aromatic rings. The highest BCUT2D eigenvalue weighted by atomic mass is 16.5. The molecule has 0 saturated carbocycles. The number of esters is 1. The highest BCUT2D eigenvalue weighted by Gasteiger charge is 2.09. The van der Waals surface area contributed by atoms with Crippen LogP contribution in [0.25, 0.3) is 0 Å². The summed E-state index contributed by atoms with van der Waals surface area (Å²) >= 11 is 0. The predicted octanol–water partition coefficient (Wildman–Crippen LogP) is 0.591. The Bertz CT molecular complexity index is 302. The molecule has 0 aromatic carbocycles. The number of methoxy groups -OCH3 is 1. The fourth-order valence-electron chi connectivity index (χ4n) is 2.21. The number of carbonyl (C=O) groups excluding carboxylic acids is 1. The van der Waals surface area contributed by atoms with E-state index in [4.69, 9.17) is 0 Å². The molecular weight excluding hydrogens is 256 g/mol. The lowest BCUT2D eigenvalue weighted by Gasteiger charge is -2.25. The van der Waals surface area contributed by atoms with Gasteiger partial charge in [-0.15, -0.1) is 0 Å². The zero-order valence-electron chi connectivity index (χ0n) is 12.8. The summed E-state index contributed by atoms with van der Waals surface area (Å²) in [5, 5.41) is 6.32. The van der Waals surface area contributed by atoms with Crippen molar-refractivity contribution in [2.75, 3.05) is 46.4 Å². The van der Waals surface area contributed by atoms with Crippen LogP contribution in [0.3, 0.4) is 0 Å². The minimum absolute atomic E-state index is 0.207. The van der Waals surface area contributed by atoms with Gasteiger partial charge in [-0.2, -0.15) is 0 Å². The van der Waals surface area contributed by atoms with Crippen molar-refractivity contribution in [3.63, 3.8) is 0 Å². The van der Waals surface area contributed by atoms with E-state index in [1.54, 1.807) is 0 Å². The van der Waals surface area contributed by atoms with Crippen LogP contribution in [0, 0.1) is 0 Å². The highest BCUT2D eigenvalue weighted by molar-refractivity contribution is 5.80. The number of guanidine groups is 1. The molecule has 1 fully saturated rings. The first-order chi connectivity index (χ1) is 9.76. The Balaban J connectivity index is 2.24. The second-order valence-corrected chi connectivity index (χ2v) is 4.92. The molecular formula is C14H28N4O2. The summed E-state index contributed by atoms with van der Waals surface area (Å²) in [5.74, 6) is 0.565. The predicted molar refractivity (Wildman–Crippen MR) is 80.9 cm³/mol. The molecule has 116 valence electrons. The van der Waals surface area contributed by atoms with E-state index in [0.29, 0.717) is 13.0 Å². The maximum absolute atomic E-state index is 11.0. The van der Waals surface area contributed by atoms with Crippen molar-refractivity contribution in [3.8, 4) is 0 Å². The van der Waals surface area contributed by atoms with Crippen LogP contribution in [0.1, 0.15) is 32.6 Å². The van der Waals surface area contributed by atoms with Gasteiger partial charge in [0.15, 0.2) is 5.96 Å². The molecule has 0 radical (unpaired) electrons. The largest absolute Gasteiger partial charge is 0.469 e. The fourth-order valence-corrected chi connectivity index (χ4v) is 2.21. The number of hydrogen-bond donors (Lipinski definition) is 2. The molecule has 0 atom stereocenters. The third-order valence-electron chi connectivity index (χ3n) is 3.33. The molecule has 6 heteroatoms. The first-order valence-electron chi connectivity index (χ1n) is 7.57. The second-order valence-electron chi connectivity index (χ2n) is 4.92.